The van der Waals surface area contributed by atoms with Gasteiger partial charge in [-0.2, -0.15) is 5.26 Å². The molecule has 104 valence electrons. The summed E-state index contributed by atoms with van der Waals surface area (Å²) in [6, 6.07) is 8.27. The highest BCUT2D eigenvalue weighted by atomic mass is 15.0. The molecule has 0 aliphatic heterocycles. The van der Waals surface area contributed by atoms with Gasteiger partial charge < -0.3 is 10.3 Å². The Morgan fingerprint density at radius 1 is 1.29 bits per heavy atom. The highest BCUT2D eigenvalue weighted by Crippen LogP contribution is 2.21. The van der Waals surface area contributed by atoms with E-state index in [1.807, 2.05) is 6.07 Å². The van der Waals surface area contributed by atoms with Gasteiger partial charge in [-0.05, 0) is 24.5 Å². The standard InChI is InChI=1S/C16H15N5/c1-11-3-2-4-14-12(8-21-16(11)14)5-6-18-15-10-19-13(7-17)9-20-15/h2-4,8-10,21H,5-6H2,1H3,(H,18,20). The second-order valence-corrected chi connectivity index (χ2v) is 4.89. The van der Waals surface area contributed by atoms with Crippen molar-refractivity contribution in [2.75, 3.05) is 11.9 Å². The second kappa shape index (κ2) is 5.63. The molecule has 0 fully saturated rings. The SMILES string of the molecule is Cc1cccc2c(CCNc3cnc(C#N)cn3)c[nH]c12. The molecule has 0 aliphatic carbocycles. The van der Waals surface area contributed by atoms with E-state index < -0.39 is 0 Å². The van der Waals surface area contributed by atoms with Crippen LogP contribution in [-0.4, -0.2) is 21.5 Å². The van der Waals surface area contributed by atoms with Gasteiger partial charge in [-0.25, -0.2) is 9.97 Å². The lowest BCUT2D eigenvalue weighted by Gasteiger charge is -2.04. The first-order valence-corrected chi connectivity index (χ1v) is 6.79. The summed E-state index contributed by atoms with van der Waals surface area (Å²) in [5, 5.41) is 13.2. The number of nitrogens with one attached hydrogen (secondary N) is 2. The Kier molecular flexibility index (Phi) is 3.52. The Bertz CT molecular complexity index is 796. The average molecular weight is 277 g/mol. The van der Waals surface area contributed by atoms with E-state index in [9.17, 15) is 0 Å². The number of nitrogens with zero attached hydrogens (tertiary/aromatic N) is 3. The number of H-pyrrole nitrogens is 1. The molecule has 0 atom stereocenters. The summed E-state index contributed by atoms with van der Waals surface area (Å²) >= 11 is 0. The van der Waals surface area contributed by atoms with Gasteiger partial charge in [0.15, 0.2) is 5.69 Å². The van der Waals surface area contributed by atoms with E-state index in [0.29, 0.717) is 11.5 Å². The van der Waals surface area contributed by atoms with Crippen molar-refractivity contribution in [2.45, 2.75) is 13.3 Å². The highest BCUT2D eigenvalue weighted by Gasteiger charge is 2.05. The minimum atomic E-state index is 0.327. The Morgan fingerprint density at radius 2 is 2.19 bits per heavy atom. The predicted molar refractivity (Wildman–Crippen MR) is 82.0 cm³/mol. The Balaban J connectivity index is 1.66. The van der Waals surface area contributed by atoms with Crippen LogP contribution >= 0.6 is 0 Å². The third-order valence-corrected chi connectivity index (χ3v) is 3.48. The maximum Gasteiger partial charge on any atom is 0.158 e. The number of rotatable bonds is 4. The molecule has 3 aromatic rings. The Hall–Kier alpha value is -2.87. The van der Waals surface area contributed by atoms with Gasteiger partial charge in [-0.3, -0.25) is 0 Å². The zero-order valence-corrected chi connectivity index (χ0v) is 11.7. The van der Waals surface area contributed by atoms with E-state index in [-0.39, 0.29) is 0 Å². The number of anilines is 1. The van der Waals surface area contributed by atoms with Crippen LogP contribution in [0.25, 0.3) is 10.9 Å². The summed E-state index contributed by atoms with van der Waals surface area (Å²) in [7, 11) is 0. The molecule has 0 spiro atoms. The molecule has 5 nitrogen and oxygen atoms in total. The smallest absolute Gasteiger partial charge is 0.158 e. The van der Waals surface area contributed by atoms with Crippen LogP contribution in [0.1, 0.15) is 16.8 Å². The minimum absolute atomic E-state index is 0.327. The van der Waals surface area contributed by atoms with Gasteiger partial charge in [0.05, 0.1) is 12.4 Å². The summed E-state index contributed by atoms with van der Waals surface area (Å²) < 4.78 is 0. The first kappa shape index (κ1) is 13.1. The average Bonchev–Trinajstić information content (AvgIpc) is 2.93. The third kappa shape index (κ3) is 2.70. The molecule has 5 heteroatoms. The van der Waals surface area contributed by atoms with Crippen molar-refractivity contribution in [1.29, 1.82) is 5.26 Å². The molecule has 0 bridgehead atoms. The van der Waals surface area contributed by atoms with Crippen molar-refractivity contribution < 1.29 is 0 Å². The van der Waals surface area contributed by atoms with Crippen LogP contribution in [0.4, 0.5) is 5.82 Å². The van der Waals surface area contributed by atoms with Crippen molar-refractivity contribution in [3.63, 3.8) is 0 Å². The monoisotopic (exact) mass is 277 g/mol. The number of hydrogen-bond acceptors (Lipinski definition) is 4. The van der Waals surface area contributed by atoms with Crippen molar-refractivity contribution in [2.24, 2.45) is 0 Å². The van der Waals surface area contributed by atoms with Gasteiger partial charge in [0.2, 0.25) is 0 Å². The molecular formula is C16H15N5. The van der Waals surface area contributed by atoms with Crippen LogP contribution in [0, 0.1) is 18.3 Å². The molecule has 3 rings (SSSR count). The topological polar surface area (TPSA) is 77.4 Å². The van der Waals surface area contributed by atoms with Crippen LogP contribution < -0.4 is 5.32 Å². The normalized spacial score (nSPS) is 10.5. The maximum atomic E-state index is 8.68. The fourth-order valence-electron chi connectivity index (χ4n) is 2.37. The number of hydrogen-bond donors (Lipinski definition) is 2. The van der Waals surface area contributed by atoms with Crippen LogP contribution in [0.3, 0.4) is 0 Å². The number of aromatic nitrogens is 3. The van der Waals surface area contributed by atoms with Gasteiger partial charge in [0, 0.05) is 23.6 Å². The maximum absolute atomic E-state index is 8.68. The highest BCUT2D eigenvalue weighted by molar-refractivity contribution is 5.85. The zero-order valence-electron chi connectivity index (χ0n) is 11.7. The predicted octanol–water partition coefficient (Wildman–Crippen LogP) is 2.79. The lowest BCUT2D eigenvalue weighted by atomic mass is 10.1. The van der Waals surface area contributed by atoms with E-state index >= 15 is 0 Å². The van der Waals surface area contributed by atoms with E-state index in [2.05, 4.69) is 51.6 Å². The molecule has 0 saturated heterocycles. The summed E-state index contributed by atoms with van der Waals surface area (Å²) in [6.07, 6.45) is 6.00. The first-order valence-electron chi connectivity index (χ1n) is 6.79. The Morgan fingerprint density at radius 3 is 2.95 bits per heavy atom. The van der Waals surface area contributed by atoms with Crippen molar-refractivity contribution >= 4 is 16.7 Å². The fraction of sp³-hybridized carbons (Fsp3) is 0.188. The van der Waals surface area contributed by atoms with Gasteiger partial charge in [0.25, 0.3) is 0 Å². The van der Waals surface area contributed by atoms with Crippen molar-refractivity contribution in [1.82, 2.24) is 15.0 Å². The lowest BCUT2D eigenvalue weighted by Crippen LogP contribution is -2.06. The molecule has 2 heterocycles. The largest absolute Gasteiger partial charge is 0.368 e. The van der Waals surface area contributed by atoms with Gasteiger partial charge in [-0.15, -0.1) is 0 Å². The molecule has 2 N–H and O–H groups in total. The van der Waals surface area contributed by atoms with Crippen molar-refractivity contribution in [3.8, 4) is 6.07 Å². The summed E-state index contributed by atoms with van der Waals surface area (Å²) in [4.78, 5) is 11.5. The molecule has 0 radical (unpaired) electrons. The van der Waals surface area contributed by atoms with Gasteiger partial charge in [0.1, 0.15) is 11.9 Å². The number of aryl methyl sites for hydroxylation is 1. The molecule has 21 heavy (non-hydrogen) atoms. The molecular weight excluding hydrogens is 262 g/mol. The lowest BCUT2D eigenvalue weighted by molar-refractivity contribution is 1.00. The van der Waals surface area contributed by atoms with E-state index in [4.69, 9.17) is 5.26 Å². The van der Waals surface area contributed by atoms with E-state index in [1.165, 1.54) is 28.2 Å². The zero-order chi connectivity index (χ0) is 14.7. The fourth-order valence-corrected chi connectivity index (χ4v) is 2.37. The van der Waals surface area contributed by atoms with Gasteiger partial charge in [-0.1, -0.05) is 18.2 Å². The number of nitriles is 1. The third-order valence-electron chi connectivity index (χ3n) is 3.48. The molecule has 2 aromatic heterocycles. The summed E-state index contributed by atoms with van der Waals surface area (Å²) in [6.45, 7) is 2.87. The van der Waals surface area contributed by atoms with Crippen LogP contribution in [0.15, 0.2) is 36.8 Å². The number of para-hydroxylation sites is 1. The van der Waals surface area contributed by atoms with Crippen LogP contribution in [0.5, 0.6) is 0 Å². The molecule has 0 aliphatic rings. The first-order chi connectivity index (χ1) is 10.3. The second-order valence-electron chi connectivity index (χ2n) is 4.89. The van der Waals surface area contributed by atoms with Crippen molar-refractivity contribution in [3.05, 3.63) is 53.6 Å². The van der Waals surface area contributed by atoms with Gasteiger partial charge >= 0.3 is 0 Å². The van der Waals surface area contributed by atoms with E-state index in [0.717, 1.165) is 13.0 Å². The molecule has 0 amide bonds. The minimum Gasteiger partial charge on any atom is -0.368 e. The molecule has 0 unspecified atom stereocenters. The number of benzene rings is 1. The summed E-state index contributed by atoms with van der Waals surface area (Å²) in [5.74, 6) is 0.685. The summed E-state index contributed by atoms with van der Waals surface area (Å²) in [5.41, 5.74) is 4.06. The van der Waals surface area contributed by atoms with Crippen LogP contribution in [-0.2, 0) is 6.42 Å². The molecule has 0 saturated carbocycles. The van der Waals surface area contributed by atoms with E-state index in [1.54, 1.807) is 6.20 Å². The van der Waals surface area contributed by atoms with Crippen LogP contribution in [0.2, 0.25) is 0 Å². The number of aromatic amines is 1. The number of fused-ring (bicyclic) bond motifs is 1. The quantitative estimate of drug-likeness (QED) is 0.768. The molecule has 1 aromatic carbocycles. The Labute approximate surface area is 122 Å².